The first-order chi connectivity index (χ1) is 6.74. The topological polar surface area (TPSA) is 94.1 Å². The summed E-state index contributed by atoms with van der Waals surface area (Å²) in [6.07, 6.45) is 0. The van der Waals surface area contributed by atoms with Gasteiger partial charge in [-0.15, -0.1) is 0 Å². The van der Waals surface area contributed by atoms with Gasteiger partial charge in [-0.3, -0.25) is 15.0 Å². The zero-order valence-electron chi connectivity index (χ0n) is 6.60. The van der Waals surface area contributed by atoms with E-state index < -0.39 is 4.92 Å². The van der Waals surface area contributed by atoms with Crippen LogP contribution < -0.4 is 4.84 Å². The maximum atomic E-state index is 10.6. The van der Waals surface area contributed by atoms with Gasteiger partial charge in [-0.05, 0) is 16.4 Å². The Bertz CT molecular complexity index is 497. The van der Waals surface area contributed by atoms with E-state index in [4.69, 9.17) is 11.8 Å². The Morgan fingerprint density at radius 3 is 2.79 bits per heavy atom. The minimum absolute atomic E-state index is 0.0700. The number of nitrogens with one attached hydrogen (secondary N) is 1. The van der Waals surface area contributed by atoms with Crippen LogP contribution in [0.4, 0.5) is 11.4 Å². The van der Waals surface area contributed by atoms with Crippen molar-refractivity contribution >= 4 is 34.2 Å². The van der Waals surface area contributed by atoms with Crippen LogP contribution in [0.15, 0.2) is 16.8 Å². The van der Waals surface area contributed by atoms with Crippen molar-refractivity contribution in [2.75, 3.05) is 4.84 Å². The molecule has 0 bridgehead atoms. The lowest BCUT2D eigenvalue weighted by Gasteiger charge is -1.96. The molecule has 1 aromatic heterocycles. The van der Waals surface area contributed by atoms with Crippen molar-refractivity contribution in [2.24, 2.45) is 0 Å². The summed E-state index contributed by atoms with van der Waals surface area (Å²) in [5.74, 6) is 0. The summed E-state index contributed by atoms with van der Waals surface area (Å²) < 4.78 is 4.40. The second-order valence-electron chi connectivity index (χ2n) is 2.45. The summed E-state index contributed by atoms with van der Waals surface area (Å²) in [4.78, 5) is 12.3. The highest BCUT2D eigenvalue weighted by Crippen LogP contribution is 2.28. The summed E-state index contributed by atoms with van der Waals surface area (Å²) in [5, 5.41) is 17.5. The van der Waals surface area contributed by atoms with E-state index in [-0.39, 0.29) is 16.7 Å². The molecule has 0 aliphatic rings. The lowest BCUT2D eigenvalue weighted by atomic mass is 10.2. The molecule has 1 N–H and O–H groups in total. The fourth-order valence-electron chi connectivity index (χ4n) is 1.08. The van der Waals surface area contributed by atoms with Crippen LogP contribution in [-0.2, 0) is 0 Å². The van der Waals surface area contributed by atoms with Crippen molar-refractivity contribution < 1.29 is 9.55 Å². The molecule has 1 heterocycles. The molecule has 2 rings (SSSR count). The molecule has 1 aromatic carbocycles. The number of hydrogen-bond acceptors (Lipinski definition) is 6. The van der Waals surface area contributed by atoms with E-state index in [1.54, 1.807) is 0 Å². The molecule has 0 aliphatic heterocycles. The molecule has 0 saturated heterocycles. The first-order valence-electron chi connectivity index (χ1n) is 3.50. The minimum atomic E-state index is -0.565. The fourth-order valence-corrected chi connectivity index (χ4v) is 1.23. The van der Waals surface area contributed by atoms with Crippen LogP contribution in [0.25, 0.3) is 11.0 Å². The number of nitro groups is 1. The first-order valence-corrected chi connectivity index (χ1v) is 3.88. The van der Waals surface area contributed by atoms with Crippen LogP contribution in [0.3, 0.4) is 0 Å². The molecule has 72 valence electrons. The Balaban J connectivity index is 2.78. The third kappa shape index (κ3) is 1.14. The average molecular weight is 215 g/mol. The second kappa shape index (κ2) is 3.11. The number of fused-ring (bicyclic) bond motifs is 1. The quantitative estimate of drug-likeness (QED) is 0.464. The summed E-state index contributed by atoms with van der Waals surface area (Å²) in [6.45, 7) is 0. The van der Waals surface area contributed by atoms with Crippen molar-refractivity contribution in [1.29, 1.82) is 0 Å². The third-order valence-electron chi connectivity index (χ3n) is 1.69. The monoisotopic (exact) mass is 214 g/mol. The second-order valence-corrected chi connectivity index (χ2v) is 2.63. The molecule has 2 aromatic rings. The minimum Gasteiger partial charge on any atom is -0.296 e. The van der Waals surface area contributed by atoms with Crippen molar-refractivity contribution in [3.8, 4) is 0 Å². The zero-order valence-corrected chi connectivity index (χ0v) is 7.35. The molecule has 0 unspecified atom stereocenters. The van der Waals surface area contributed by atoms with Gasteiger partial charge < -0.3 is 0 Å². The van der Waals surface area contributed by atoms with E-state index in [1.807, 2.05) is 0 Å². The number of benzene rings is 1. The molecule has 7 nitrogen and oxygen atoms in total. The fraction of sp³-hybridized carbons (Fsp3) is 0. The zero-order chi connectivity index (χ0) is 10.1. The Hall–Kier alpha value is -1.89. The maximum absolute atomic E-state index is 10.6. The van der Waals surface area contributed by atoms with E-state index in [9.17, 15) is 10.1 Å². The molecule has 0 aliphatic carbocycles. The number of anilines is 1. The molecule has 14 heavy (non-hydrogen) atoms. The number of halogens is 1. The summed E-state index contributed by atoms with van der Waals surface area (Å²) >= 11 is 5.37. The van der Waals surface area contributed by atoms with Gasteiger partial charge in [0, 0.05) is 17.8 Å². The van der Waals surface area contributed by atoms with Gasteiger partial charge in [0.1, 0.15) is 0 Å². The van der Waals surface area contributed by atoms with E-state index in [0.29, 0.717) is 5.69 Å². The predicted molar refractivity (Wildman–Crippen MR) is 47.9 cm³/mol. The lowest BCUT2D eigenvalue weighted by molar-refractivity contribution is -0.383. The third-order valence-corrected chi connectivity index (χ3v) is 1.90. The van der Waals surface area contributed by atoms with Crippen molar-refractivity contribution in [2.45, 2.75) is 0 Å². The van der Waals surface area contributed by atoms with Gasteiger partial charge in [-0.1, -0.05) is 0 Å². The maximum Gasteiger partial charge on any atom is 0.300 e. The van der Waals surface area contributed by atoms with E-state index in [2.05, 4.69) is 19.8 Å². The van der Waals surface area contributed by atoms with Crippen LogP contribution in [0.5, 0.6) is 0 Å². The number of nitrogens with zero attached hydrogens (tertiary/aromatic N) is 3. The molecule has 8 heteroatoms. The van der Waals surface area contributed by atoms with Gasteiger partial charge >= 0.3 is 5.69 Å². The largest absolute Gasteiger partial charge is 0.300 e. The molecular formula is C6H3ClN4O3. The number of non-ortho nitro benzene ring substituents is 1. The summed E-state index contributed by atoms with van der Waals surface area (Å²) in [7, 11) is 0. The van der Waals surface area contributed by atoms with Crippen LogP contribution in [0.2, 0.25) is 0 Å². The standard InChI is InChI=1S/C6H3ClN4O3/c7-8-3-1-2-4(11(12)13)6-5(3)9-14-10-6/h1-2,8H. The van der Waals surface area contributed by atoms with E-state index in [0.717, 1.165) is 0 Å². The summed E-state index contributed by atoms with van der Waals surface area (Å²) in [6, 6.07) is 2.70. The Kier molecular flexibility index (Phi) is 1.93. The van der Waals surface area contributed by atoms with Gasteiger partial charge in [-0.2, -0.15) is 0 Å². The van der Waals surface area contributed by atoms with Crippen LogP contribution in [-0.4, -0.2) is 15.2 Å². The highest BCUT2D eigenvalue weighted by Gasteiger charge is 2.18. The lowest BCUT2D eigenvalue weighted by Crippen LogP contribution is -1.91. The van der Waals surface area contributed by atoms with Crippen LogP contribution in [0, 0.1) is 10.1 Å². The highest BCUT2D eigenvalue weighted by atomic mass is 35.5. The van der Waals surface area contributed by atoms with Gasteiger partial charge in [0.15, 0.2) is 5.52 Å². The molecule has 0 fully saturated rings. The van der Waals surface area contributed by atoms with Gasteiger partial charge in [0.2, 0.25) is 5.52 Å². The van der Waals surface area contributed by atoms with Gasteiger partial charge in [0.05, 0.1) is 10.6 Å². The SMILES string of the molecule is O=[N+]([O-])c1ccc(NCl)c2nonc12. The number of nitro benzene ring substituents is 1. The Morgan fingerprint density at radius 1 is 1.43 bits per heavy atom. The van der Waals surface area contributed by atoms with Gasteiger partial charge in [0.25, 0.3) is 0 Å². The molecule has 0 radical (unpaired) electrons. The van der Waals surface area contributed by atoms with Crippen molar-refractivity contribution in [3.05, 3.63) is 22.2 Å². The number of aromatic nitrogens is 2. The Morgan fingerprint density at radius 2 is 2.14 bits per heavy atom. The first kappa shape index (κ1) is 8.70. The van der Waals surface area contributed by atoms with Gasteiger partial charge in [-0.25, -0.2) is 4.63 Å². The molecule has 0 saturated carbocycles. The number of hydrogen-bond donors (Lipinski definition) is 1. The smallest absolute Gasteiger partial charge is 0.296 e. The van der Waals surface area contributed by atoms with Crippen LogP contribution in [0.1, 0.15) is 0 Å². The average Bonchev–Trinajstić information content (AvgIpc) is 2.64. The highest BCUT2D eigenvalue weighted by molar-refractivity contribution is 6.25. The molecule has 0 amide bonds. The Labute approximate surface area is 81.9 Å². The molecule has 0 spiro atoms. The van der Waals surface area contributed by atoms with E-state index in [1.165, 1.54) is 12.1 Å². The summed E-state index contributed by atoms with van der Waals surface area (Å²) in [5.41, 5.74) is 0.542. The van der Waals surface area contributed by atoms with Crippen LogP contribution >= 0.6 is 11.8 Å². The predicted octanol–water partition coefficient (Wildman–Crippen LogP) is 1.70. The number of rotatable bonds is 2. The molecular weight excluding hydrogens is 212 g/mol. The van der Waals surface area contributed by atoms with E-state index >= 15 is 0 Å². The molecule has 0 atom stereocenters. The van der Waals surface area contributed by atoms with Crippen molar-refractivity contribution in [3.63, 3.8) is 0 Å². The van der Waals surface area contributed by atoms with Crippen molar-refractivity contribution in [1.82, 2.24) is 10.3 Å². The normalized spacial score (nSPS) is 10.4.